The summed E-state index contributed by atoms with van der Waals surface area (Å²) in [4.78, 5) is 0. The lowest BCUT2D eigenvalue weighted by Crippen LogP contribution is -1.96. The number of rotatable bonds is 5. The number of benzene rings is 1. The van der Waals surface area contributed by atoms with Crippen molar-refractivity contribution in [1.29, 1.82) is 0 Å². The van der Waals surface area contributed by atoms with E-state index in [1.807, 2.05) is 0 Å². The van der Waals surface area contributed by atoms with Gasteiger partial charge >= 0.3 is 0 Å². The van der Waals surface area contributed by atoms with Crippen LogP contribution >= 0.6 is 0 Å². The fraction of sp³-hybridized carbons (Fsp3) is 0.571. The average Bonchev–Trinajstić information content (AvgIpc) is 2.18. The first-order valence-corrected chi connectivity index (χ1v) is 5.81. The predicted molar refractivity (Wildman–Crippen MR) is 63.7 cm³/mol. The lowest BCUT2D eigenvalue weighted by atomic mass is 9.92. The van der Waals surface area contributed by atoms with Crippen molar-refractivity contribution in [2.75, 3.05) is 0 Å². The van der Waals surface area contributed by atoms with E-state index in [9.17, 15) is 0 Å². The molecule has 0 spiro atoms. The van der Waals surface area contributed by atoms with Gasteiger partial charge in [0.05, 0.1) is 0 Å². The quantitative estimate of drug-likeness (QED) is 0.591. The number of hydrogen-bond donors (Lipinski definition) is 0. The summed E-state index contributed by atoms with van der Waals surface area (Å²) in [5, 5.41) is 0. The minimum Gasteiger partial charge on any atom is -0.0654 e. The van der Waals surface area contributed by atoms with Crippen LogP contribution in [-0.2, 0) is 0 Å². The van der Waals surface area contributed by atoms with Gasteiger partial charge in [-0.2, -0.15) is 0 Å². The largest absolute Gasteiger partial charge is 0.0654 e. The van der Waals surface area contributed by atoms with Crippen LogP contribution in [0.1, 0.15) is 56.6 Å². The predicted octanol–water partition coefficient (Wildman–Crippen LogP) is 4.68. The Kier molecular flexibility index (Phi) is 4.72. The van der Waals surface area contributed by atoms with Crippen molar-refractivity contribution in [2.45, 2.75) is 52.4 Å². The molecule has 0 amide bonds. The first kappa shape index (κ1) is 11.3. The molecule has 14 heavy (non-hydrogen) atoms. The Bertz CT molecular complexity index is 262. The van der Waals surface area contributed by atoms with Gasteiger partial charge in [0.1, 0.15) is 0 Å². The van der Waals surface area contributed by atoms with Crippen LogP contribution in [0.2, 0.25) is 0 Å². The molecule has 0 N–H and O–H groups in total. The third-order valence-electron chi connectivity index (χ3n) is 2.96. The Balaban J connectivity index is 2.51. The molecule has 0 heterocycles. The zero-order valence-corrected chi connectivity index (χ0v) is 9.72. The van der Waals surface area contributed by atoms with Crippen molar-refractivity contribution in [2.24, 2.45) is 0 Å². The Hall–Kier alpha value is -0.780. The molecule has 0 fully saturated rings. The van der Waals surface area contributed by atoms with E-state index >= 15 is 0 Å². The molecule has 0 bridgehead atoms. The topological polar surface area (TPSA) is 0 Å². The summed E-state index contributed by atoms with van der Waals surface area (Å²) >= 11 is 0. The Morgan fingerprint density at radius 1 is 1.14 bits per heavy atom. The zero-order valence-electron chi connectivity index (χ0n) is 9.72. The normalized spacial score (nSPS) is 12.8. The van der Waals surface area contributed by atoms with E-state index in [4.69, 9.17) is 0 Å². The van der Waals surface area contributed by atoms with Crippen LogP contribution < -0.4 is 0 Å². The SMILES string of the molecule is CCCCCC(C)c1ccccc1C. The summed E-state index contributed by atoms with van der Waals surface area (Å²) in [6.45, 7) is 6.82. The molecule has 0 aliphatic carbocycles. The summed E-state index contributed by atoms with van der Waals surface area (Å²) in [6.07, 6.45) is 5.39. The highest BCUT2D eigenvalue weighted by Gasteiger charge is 2.06. The molecule has 1 aromatic rings. The minimum absolute atomic E-state index is 0.725. The van der Waals surface area contributed by atoms with Crippen LogP contribution in [0.15, 0.2) is 24.3 Å². The van der Waals surface area contributed by atoms with E-state index in [0.29, 0.717) is 0 Å². The van der Waals surface area contributed by atoms with Crippen molar-refractivity contribution < 1.29 is 0 Å². The fourth-order valence-corrected chi connectivity index (χ4v) is 2.00. The van der Waals surface area contributed by atoms with Crippen molar-refractivity contribution in [3.8, 4) is 0 Å². The third kappa shape index (κ3) is 3.17. The molecule has 0 radical (unpaired) electrons. The van der Waals surface area contributed by atoms with Gasteiger partial charge in [0.2, 0.25) is 0 Å². The van der Waals surface area contributed by atoms with E-state index in [2.05, 4.69) is 45.0 Å². The highest BCUT2D eigenvalue weighted by atomic mass is 14.1. The molecule has 1 aromatic carbocycles. The Labute approximate surface area is 88.4 Å². The van der Waals surface area contributed by atoms with Gasteiger partial charge in [-0.1, -0.05) is 57.4 Å². The van der Waals surface area contributed by atoms with Gasteiger partial charge in [-0.25, -0.2) is 0 Å². The molecule has 78 valence electrons. The molecule has 0 aliphatic heterocycles. The monoisotopic (exact) mass is 190 g/mol. The molecule has 0 aliphatic rings. The van der Waals surface area contributed by atoms with Crippen molar-refractivity contribution >= 4 is 0 Å². The van der Waals surface area contributed by atoms with Crippen molar-refractivity contribution in [3.05, 3.63) is 35.4 Å². The molecule has 0 saturated heterocycles. The van der Waals surface area contributed by atoms with E-state index < -0.39 is 0 Å². The molecule has 0 saturated carbocycles. The molecule has 0 heteroatoms. The minimum atomic E-state index is 0.725. The van der Waals surface area contributed by atoms with Gasteiger partial charge in [0.15, 0.2) is 0 Å². The van der Waals surface area contributed by atoms with Gasteiger partial charge in [-0.3, -0.25) is 0 Å². The average molecular weight is 190 g/mol. The summed E-state index contributed by atoms with van der Waals surface area (Å²) in [5.74, 6) is 0.725. The zero-order chi connectivity index (χ0) is 10.4. The van der Waals surface area contributed by atoms with Crippen LogP contribution in [0, 0.1) is 6.92 Å². The summed E-state index contributed by atoms with van der Waals surface area (Å²) < 4.78 is 0. The second-order valence-corrected chi connectivity index (χ2v) is 4.25. The van der Waals surface area contributed by atoms with Crippen LogP contribution in [0.5, 0.6) is 0 Å². The van der Waals surface area contributed by atoms with Crippen LogP contribution in [0.4, 0.5) is 0 Å². The molecule has 1 rings (SSSR count). The number of aryl methyl sites for hydroxylation is 1. The van der Waals surface area contributed by atoms with Crippen molar-refractivity contribution in [3.63, 3.8) is 0 Å². The highest BCUT2D eigenvalue weighted by molar-refractivity contribution is 5.28. The molecular weight excluding hydrogens is 168 g/mol. The maximum absolute atomic E-state index is 2.35. The highest BCUT2D eigenvalue weighted by Crippen LogP contribution is 2.24. The third-order valence-corrected chi connectivity index (χ3v) is 2.96. The summed E-state index contributed by atoms with van der Waals surface area (Å²) in [6, 6.07) is 8.76. The van der Waals surface area contributed by atoms with Gasteiger partial charge in [-0.05, 0) is 30.4 Å². The summed E-state index contributed by atoms with van der Waals surface area (Å²) in [7, 11) is 0. The lowest BCUT2D eigenvalue weighted by molar-refractivity contribution is 0.596. The van der Waals surface area contributed by atoms with Gasteiger partial charge in [-0.15, -0.1) is 0 Å². The Morgan fingerprint density at radius 3 is 2.50 bits per heavy atom. The maximum Gasteiger partial charge on any atom is -0.0188 e. The van der Waals surface area contributed by atoms with Gasteiger partial charge < -0.3 is 0 Å². The first-order chi connectivity index (χ1) is 6.75. The van der Waals surface area contributed by atoms with Crippen molar-refractivity contribution in [1.82, 2.24) is 0 Å². The van der Waals surface area contributed by atoms with E-state index in [0.717, 1.165) is 5.92 Å². The number of hydrogen-bond acceptors (Lipinski definition) is 0. The first-order valence-electron chi connectivity index (χ1n) is 5.81. The second-order valence-electron chi connectivity index (χ2n) is 4.25. The van der Waals surface area contributed by atoms with Gasteiger partial charge in [0.25, 0.3) is 0 Å². The van der Waals surface area contributed by atoms with E-state index in [1.54, 1.807) is 0 Å². The van der Waals surface area contributed by atoms with Gasteiger partial charge in [0, 0.05) is 0 Å². The molecular formula is C14H22. The van der Waals surface area contributed by atoms with Crippen LogP contribution in [0.25, 0.3) is 0 Å². The maximum atomic E-state index is 2.35. The van der Waals surface area contributed by atoms with Crippen LogP contribution in [-0.4, -0.2) is 0 Å². The number of unbranched alkanes of at least 4 members (excludes halogenated alkanes) is 2. The molecule has 0 nitrogen and oxygen atoms in total. The second kappa shape index (κ2) is 5.85. The Morgan fingerprint density at radius 2 is 1.86 bits per heavy atom. The molecule has 1 unspecified atom stereocenters. The summed E-state index contributed by atoms with van der Waals surface area (Å²) in [5.41, 5.74) is 2.97. The van der Waals surface area contributed by atoms with Crippen LogP contribution in [0.3, 0.4) is 0 Å². The molecule has 1 atom stereocenters. The van der Waals surface area contributed by atoms with E-state index in [-0.39, 0.29) is 0 Å². The smallest absolute Gasteiger partial charge is 0.0188 e. The van der Waals surface area contributed by atoms with E-state index in [1.165, 1.54) is 36.8 Å². The lowest BCUT2D eigenvalue weighted by Gasteiger charge is -2.13. The fourth-order valence-electron chi connectivity index (χ4n) is 2.00. The molecule has 0 aromatic heterocycles. The standard InChI is InChI=1S/C14H22/c1-4-5-6-9-12(2)14-11-8-7-10-13(14)3/h7-8,10-12H,4-6,9H2,1-3H3.